The van der Waals surface area contributed by atoms with Gasteiger partial charge < -0.3 is 10.6 Å². The molecule has 3 aromatic rings. The number of rotatable bonds is 5. The minimum absolute atomic E-state index is 0.0122. The first-order valence-electron chi connectivity index (χ1n) is 9.42. The van der Waals surface area contributed by atoms with Crippen molar-refractivity contribution in [2.45, 2.75) is 18.6 Å². The molecule has 0 unspecified atom stereocenters. The normalized spacial score (nSPS) is 16.2. The lowest BCUT2D eigenvalue weighted by molar-refractivity contribution is -0.137. The number of alkyl halides is 3. The van der Waals surface area contributed by atoms with E-state index in [-0.39, 0.29) is 22.7 Å². The van der Waals surface area contributed by atoms with Crippen LogP contribution in [0.1, 0.15) is 22.3 Å². The van der Waals surface area contributed by atoms with E-state index in [2.05, 4.69) is 20.7 Å². The molecule has 0 saturated carbocycles. The Morgan fingerprint density at radius 1 is 1.16 bits per heavy atom. The van der Waals surface area contributed by atoms with Gasteiger partial charge in [-0.05, 0) is 48.9 Å². The summed E-state index contributed by atoms with van der Waals surface area (Å²) in [7, 11) is 0. The fraction of sp³-hybridized carbons (Fsp3) is 0.200. The number of thioether (sulfide) groups is 1. The van der Waals surface area contributed by atoms with Crippen LogP contribution in [0.15, 0.2) is 53.3 Å². The number of benzene rings is 2. The SMILES string of the molecule is O=C(N[C@H]1CCSC1=O)c1ccc(Nc2nn(-c3cccc(C(F)(F)F)c3)c(=O)[nH]2)cc1. The highest BCUT2D eigenvalue weighted by Gasteiger charge is 2.31. The molecule has 3 N–H and O–H groups in total. The maximum absolute atomic E-state index is 12.9. The van der Waals surface area contributed by atoms with E-state index in [1.165, 1.54) is 36.0 Å². The van der Waals surface area contributed by atoms with Gasteiger partial charge >= 0.3 is 11.9 Å². The van der Waals surface area contributed by atoms with Gasteiger partial charge in [0.05, 0.1) is 17.3 Å². The Bertz CT molecular complexity index is 1220. The van der Waals surface area contributed by atoms with Crippen LogP contribution in [0.25, 0.3) is 5.69 Å². The number of aromatic nitrogens is 3. The summed E-state index contributed by atoms with van der Waals surface area (Å²) < 4.78 is 39.6. The van der Waals surface area contributed by atoms with Crippen molar-refractivity contribution in [1.29, 1.82) is 0 Å². The summed E-state index contributed by atoms with van der Waals surface area (Å²) in [6, 6.07) is 9.97. The van der Waals surface area contributed by atoms with Crippen molar-refractivity contribution in [3.8, 4) is 5.69 Å². The van der Waals surface area contributed by atoms with Crippen molar-refractivity contribution in [1.82, 2.24) is 20.1 Å². The zero-order valence-electron chi connectivity index (χ0n) is 16.3. The molecule has 1 aliphatic rings. The van der Waals surface area contributed by atoms with E-state index >= 15 is 0 Å². The van der Waals surface area contributed by atoms with Crippen LogP contribution in [0, 0.1) is 0 Å². The predicted octanol–water partition coefficient (Wildman–Crippen LogP) is 3.08. The highest BCUT2D eigenvalue weighted by Crippen LogP contribution is 2.30. The Morgan fingerprint density at radius 2 is 1.91 bits per heavy atom. The molecule has 4 rings (SSSR count). The fourth-order valence-corrected chi connectivity index (χ4v) is 4.01. The predicted molar refractivity (Wildman–Crippen MR) is 112 cm³/mol. The fourth-order valence-electron chi connectivity index (χ4n) is 3.08. The molecule has 32 heavy (non-hydrogen) atoms. The van der Waals surface area contributed by atoms with Gasteiger partial charge in [0, 0.05) is 17.0 Å². The summed E-state index contributed by atoms with van der Waals surface area (Å²) in [6.45, 7) is 0. The summed E-state index contributed by atoms with van der Waals surface area (Å²) in [4.78, 5) is 38.5. The summed E-state index contributed by atoms with van der Waals surface area (Å²) in [5.41, 5.74) is -0.823. The van der Waals surface area contributed by atoms with Crippen molar-refractivity contribution in [3.05, 3.63) is 70.1 Å². The van der Waals surface area contributed by atoms with Crippen LogP contribution >= 0.6 is 11.8 Å². The second kappa shape index (κ2) is 8.54. The largest absolute Gasteiger partial charge is 0.416 e. The van der Waals surface area contributed by atoms with Crippen molar-refractivity contribution >= 4 is 34.4 Å². The third-order valence-electron chi connectivity index (χ3n) is 4.69. The lowest BCUT2D eigenvalue weighted by Gasteiger charge is -2.10. The third kappa shape index (κ3) is 4.69. The number of hydrogen-bond donors (Lipinski definition) is 3. The Morgan fingerprint density at radius 3 is 2.56 bits per heavy atom. The van der Waals surface area contributed by atoms with Crippen LogP contribution in [0.3, 0.4) is 0 Å². The number of amides is 1. The highest BCUT2D eigenvalue weighted by atomic mass is 32.2. The van der Waals surface area contributed by atoms with Gasteiger partial charge in [-0.2, -0.15) is 17.9 Å². The van der Waals surface area contributed by atoms with Crippen LogP contribution in [-0.2, 0) is 11.0 Å². The Labute approximate surface area is 183 Å². The number of hydrogen-bond acceptors (Lipinski definition) is 6. The van der Waals surface area contributed by atoms with Gasteiger partial charge in [0.25, 0.3) is 5.91 Å². The second-order valence-electron chi connectivity index (χ2n) is 6.92. The van der Waals surface area contributed by atoms with E-state index in [9.17, 15) is 27.6 Å². The molecule has 2 aromatic carbocycles. The van der Waals surface area contributed by atoms with Gasteiger partial charge in [-0.25, -0.2) is 4.79 Å². The Hall–Kier alpha value is -3.54. The molecule has 8 nitrogen and oxygen atoms in total. The van der Waals surface area contributed by atoms with E-state index in [0.29, 0.717) is 23.4 Å². The molecule has 0 radical (unpaired) electrons. The number of aromatic amines is 1. The molecule has 0 aliphatic carbocycles. The summed E-state index contributed by atoms with van der Waals surface area (Å²) in [5.74, 6) is 0.315. The molecule has 12 heteroatoms. The first kappa shape index (κ1) is 21.7. The maximum atomic E-state index is 12.9. The molecule has 1 fully saturated rings. The molecule has 0 bridgehead atoms. The molecule has 0 spiro atoms. The number of nitrogens with one attached hydrogen (secondary N) is 3. The van der Waals surface area contributed by atoms with E-state index in [1.54, 1.807) is 12.1 Å². The molecule has 2 heterocycles. The molecule has 166 valence electrons. The number of H-pyrrole nitrogens is 1. The average Bonchev–Trinajstić information content (AvgIpc) is 3.33. The van der Waals surface area contributed by atoms with Gasteiger partial charge in [-0.3, -0.25) is 14.6 Å². The van der Waals surface area contributed by atoms with Crippen LogP contribution in [0.4, 0.5) is 24.8 Å². The van der Waals surface area contributed by atoms with E-state index in [1.807, 2.05) is 0 Å². The molecule has 1 aliphatic heterocycles. The molecule has 1 atom stereocenters. The summed E-state index contributed by atoms with van der Waals surface area (Å²) >= 11 is 1.19. The van der Waals surface area contributed by atoms with Crippen molar-refractivity contribution in [2.24, 2.45) is 0 Å². The number of halogens is 3. The number of anilines is 2. The van der Waals surface area contributed by atoms with Crippen LogP contribution in [0.5, 0.6) is 0 Å². The average molecular weight is 463 g/mol. The smallest absolute Gasteiger partial charge is 0.341 e. The second-order valence-corrected chi connectivity index (χ2v) is 8.02. The molecule has 1 aromatic heterocycles. The van der Waals surface area contributed by atoms with Gasteiger partial charge in [0.1, 0.15) is 0 Å². The lowest BCUT2D eigenvalue weighted by atomic mass is 10.1. The van der Waals surface area contributed by atoms with Crippen molar-refractivity contribution in [3.63, 3.8) is 0 Å². The van der Waals surface area contributed by atoms with E-state index in [0.717, 1.165) is 16.8 Å². The zero-order valence-corrected chi connectivity index (χ0v) is 17.1. The van der Waals surface area contributed by atoms with Crippen molar-refractivity contribution in [2.75, 3.05) is 11.1 Å². The monoisotopic (exact) mass is 463 g/mol. The van der Waals surface area contributed by atoms with Crippen LogP contribution in [-0.4, -0.2) is 37.6 Å². The van der Waals surface area contributed by atoms with E-state index in [4.69, 9.17) is 0 Å². The first-order valence-corrected chi connectivity index (χ1v) is 10.4. The summed E-state index contributed by atoms with van der Waals surface area (Å²) in [5, 5.41) is 9.44. The quantitative estimate of drug-likeness (QED) is 0.537. The number of nitrogens with zero attached hydrogens (tertiary/aromatic N) is 2. The van der Waals surface area contributed by atoms with Crippen LogP contribution in [0.2, 0.25) is 0 Å². The zero-order chi connectivity index (χ0) is 22.9. The minimum atomic E-state index is -4.55. The molecule has 1 saturated heterocycles. The van der Waals surface area contributed by atoms with Gasteiger partial charge in [-0.1, -0.05) is 17.8 Å². The van der Waals surface area contributed by atoms with Gasteiger partial charge in [0.2, 0.25) is 11.1 Å². The highest BCUT2D eigenvalue weighted by molar-refractivity contribution is 8.14. The van der Waals surface area contributed by atoms with Crippen LogP contribution < -0.4 is 16.3 Å². The lowest BCUT2D eigenvalue weighted by Crippen LogP contribution is -2.37. The number of carbonyl (C=O) groups is 2. The topological polar surface area (TPSA) is 109 Å². The first-order chi connectivity index (χ1) is 15.2. The van der Waals surface area contributed by atoms with Gasteiger partial charge in [0.15, 0.2) is 0 Å². The third-order valence-corrected chi connectivity index (χ3v) is 5.70. The summed E-state index contributed by atoms with van der Waals surface area (Å²) in [6.07, 6.45) is -3.95. The molecular formula is C20H16F3N5O3S. The maximum Gasteiger partial charge on any atom is 0.416 e. The molecular weight excluding hydrogens is 447 g/mol. The Kier molecular flexibility index (Phi) is 5.78. The minimum Gasteiger partial charge on any atom is -0.341 e. The van der Waals surface area contributed by atoms with Gasteiger partial charge in [-0.15, -0.1) is 5.10 Å². The molecule has 1 amide bonds. The van der Waals surface area contributed by atoms with E-state index < -0.39 is 23.5 Å². The standard InChI is InChI=1S/C20H16F3N5O3S/c21-20(22,23)12-2-1-3-14(10-12)28-19(31)26-18(27-28)24-13-6-4-11(5-7-13)16(29)25-15-8-9-32-17(15)30/h1-7,10,15H,8-9H2,(H,25,29)(H2,24,26,27,31)/t15-/m0/s1. The number of carbonyl (C=O) groups excluding carboxylic acids is 2. The van der Waals surface area contributed by atoms with Crippen molar-refractivity contribution < 1.29 is 22.8 Å². The Balaban J connectivity index is 1.47.